The molecule has 0 aliphatic heterocycles. The number of rotatable bonds is 6. The van der Waals surface area contributed by atoms with Gasteiger partial charge in [-0.25, -0.2) is 13.1 Å². The Morgan fingerprint density at radius 1 is 1.38 bits per heavy atom. The van der Waals surface area contributed by atoms with Crippen molar-refractivity contribution < 1.29 is 18.3 Å². The van der Waals surface area contributed by atoms with Crippen LogP contribution in [-0.4, -0.2) is 31.3 Å². The zero-order chi connectivity index (χ0) is 13.0. The lowest BCUT2D eigenvalue weighted by atomic mass is 9.87. The van der Waals surface area contributed by atoms with E-state index < -0.39 is 22.0 Å². The summed E-state index contributed by atoms with van der Waals surface area (Å²) in [6.07, 6.45) is 0.315. The largest absolute Gasteiger partial charge is 0.481 e. The molecule has 0 rings (SSSR count). The van der Waals surface area contributed by atoms with Gasteiger partial charge in [-0.05, 0) is 18.8 Å². The van der Waals surface area contributed by atoms with Crippen LogP contribution >= 0.6 is 0 Å². The summed E-state index contributed by atoms with van der Waals surface area (Å²) in [5.41, 5.74) is -0.115. The summed E-state index contributed by atoms with van der Waals surface area (Å²) in [5, 5.41) is 8.72. The van der Waals surface area contributed by atoms with Gasteiger partial charge in [-0.15, -0.1) is 0 Å². The molecule has 0 aromatic heterocycles. The number of sulfonamides is 1. The smallest absolute Gasteiger partial charge is 0.304 e. The van der Waals surface area contributed by atoms with Crippen LogP contribution in [0.4, 0.5) is 0 Å². The molecule has 16 heavy (non-hydrogen) atoms. The fourth-order valence-electron chi connectivity index (χ4n) is 1.44. The molecule has 0 radical (unpaired) electrons. The van der Waals surface area contributed by atoms with Gasteiger partial charge < -0.3 is 5.11 Å². The number of hydrogen-bond donors (Lipinski definition) is 2. The van der Waals surface area contributed by atoms with Crippen molar-refractivity contribution >= 4 is 16.0 Å². The van der Waals surface area contributed by atoms with Crippen LogP contribution in [0.3, 0.4) is 0 Å². The molecule has 0 aromatic carbocycles. The lowest BCUT2D eigenvalue weighted by Gasteiger charge is -2.25. The van der Waals surface area contributed by atoms with E-state index in [9.17, 15) is 13.2 Å². The zero-order valence-electron chi connectivity index (χ0n) is 10.3. The minimum Gasteiger partial charge on any atom is -0.481 e. The summed E-state index contributed by atoms with van der Waals surface area (Å²) in [6, 6.07) is -0.539. The molecule has 0 saturated heterocycles. The number of carboxylic acid groups (broad SMARTS) is 1. The highest BCUT2D eigenvalue weighted by Crippen LogP contribution is 2.22. The van der Waals surface area contributed by atoms with E-state index in [1.807, 2.05) is 20.8 Å². The Labute approximate surface area is 97.3 Å². The third-order valence-corrected chi connectivity index (χ3v) is 3.46. The number of carboxylic acids is 1. The number of aliphatic carboxylic acids is 1. The molecule has 0 amide bonds. The third kappa shape index (κ3) is 7.64. The van der Waals surface area contributed by atoms with Crippen LogP contribution in [0.1, 0.15) is 40.5 Å². The zero-order valence-corrected chi connectivity index (χ0v) is 11.1. The van der Waals surface area contributed by atoms with Crippen molar-refractivity contribution in [3.63, 3.8) is 0 Å². The van der Waals surface area contributed by atoms with Crippen molar-refractivity contribution in [1.82, 2.24) is 4.72 Å². The second kappa shape index (κ2) is 5.63. The Kier molecular flexibility index (Phi) is 5.41. The quantitative estimate of drug-likeness (QED) is 0.743. The Balaban J connectivity index is 4.63. The van der Waals surface area contributed by atoms with Crippen LogP contribution in [0.2, 0.25) is 0 Å². The van der Waals surface area contributed by atoms with Crippen LogP contribution in [0, 0.1) is 5.41 Å². The number of nitrogens with one attached hydrogen (secondary N) is 1. The van der Waals surface area contributed by atoms with E-state index in [4.69, 9.17) is 5.11 Å². The van der Waals surface area contributed by atoms with Gasteiger partial charge in [0.25, 0.3) is 0 Å². The first-order valence-electron chi connectivity index (χ1n) is 5.27. The van der Waals surface area contributed by atoms with E-state index in [1.165, 1.54) is 6.92 Å². The van der Waals surface area contributed by atoms with Gasteiger partial charge >= 0.3 is 5.97 Å². The first kappa shape index (κ1) is 15.4. The molecule has 0 aromatic rings. The molecular weight excluding hydrogens is 230 g/mol. The highest BCUT2D eigenvalue weighted by atomic mass is 32.2. The van der Waals surface area contributed by atoms with Gasteiger partial charge in [-0.2, -0.15) is 0 Å². The van der Waals surface area contributed by atoms with Gasteiger partial charge in [0, 0.05) is 6.04 Å². The van der Waals surface area contributed by atoms with Crippen molar-refractivity contribution in [2.24, 2.45) is 5.41 Å². The number of hydrogen-bond acceptors (Lipinski definition) is 3. The van der Waals surface area contributed by atoms with E-state index in [0.29, 0.717) is 6.42 Å². The monoisotopic (exact) mass is 251 g/mol. The Morgan fingerprint density at radius 2 is 1.88 bits per heavy atom. The van der Waals surface area contributed by atoms with Crippen molar-refractivity contribution in [1.29, 1.82) is 0 Å². The second-order valence-corrected chi connectivity index (χ2v) is 7.12. The van der Waals surface area contributed by atoms with Gasteiger partial charge in [0.05, 0.1) is 12.2 Å². The predicted molar refractivity (Wildman–Crippen MR) is 62.7 cm³/mol. The minimum atomic E-state index is -3.35. The summed E-state index contributed by atoms with van der Waals surface area (Å²) in [4.78, 5) is 10.6. The fourth-order valence-corrected chi connectivity index (χ4v) is 2.28. The first-order valence-corrected chi connectivity index (χ1v) is 6.93. The van der Waals surface area contributed by atoms with Gasteiger partial charge in [-0.3, -0.25) is 4.79 Å². The van der Waals surface area contributed by atoms with E-state index in [2.05, 4.69) is 4.72 Å². The lowest BCUT2D eigenvalue weighted by molar-refractivity contribution is -0.137. The Hall–Kier alpha value is -0.620. The van der Waals surface area contributed by atoms with Crippen LogP contribution in [-0.2, 0) is 14.8 Å². The predicted octanol–water partition coefficient (Wildman–Crippen LogP) is 1.21. The topological polar surface area (TPSA) is 83.5 Å². The molecule has 0 fully saturated rings. The minimum absolute atomic E-state index is 0.0345. The molecule has 0 aliphatic carbocycles. The molecule has 0 spiro atoms. The SMILES string of the molecule is CCS(=O)(=O)NC(CC(=O)O)CC(C)(C)C. The average molecular weight is 251 g/mol. The van der Waals surface area contributed by atoms with Crippen molar-refractivity contribution in [3.05, 3.63) is 0 Å². The Bertz CT molecular complexity index is 329. The highest BCUT2D eigenvalue weighted by Gasteiger charge is 2.24. The normalized spacial score (nSPS) is 14.8. The van der Waals surface area contributed by atoms with Gasteiger partial charge in [0.1, 0.15) is 0 Å². The highest BCUT2D eigenvalue weighted by molar-refractivity contribution is 7.89. The fraction of sp³-hybridized carbons (Fsp3) is 0.900. The molecule has 6 heteroatoms. The average Bonchev–Trinajstić information content (AvgIpc) is 1.98. The molecule has 0 saturated carbocycles. The van der Waals surface area contributed by atoms with Crippen LogP contribution < -0.4 is 4.72 Å². The summed E-state index contributed by atoms with van der Waals surface area (Å²) >= 11 is 0. The maximum atomic E-state index is 11.4. The van der Waals surface area contributed by atoms with Crippen molar-refractivity contribution in [2.75, 3.05) is 5.75 Å². The summed E-state index contributed by atoms with van der Waals surface area (Å²) < 4.78 is 25.2. The van der Waals surface area contributed by atoms with Gasteiger partial charge in [0.15, 0.2) is 0 Å². The molecule has 1 atom stereocenters. The van der Waals surface area contributed by atoms with E-state index in [1.54, 1.807) is 0 Å². The van der Waals surface area contributed by atoms with Crippen molar-refractivity contribution in [2.45, 2.75) is 46.6 Å². The molecule has 0 aliphatic rings. The maximum Gasteiger partial charge on any atom is 0.304 e. The van der Waals surface area contributed by atoms with Crippen LogP contribution in [0.15, 0.2) is 0 Å². The molecule has 2 N–H and O–H groups in total. The van der Waals surface area contributed by atoms with Gasteiger partial charge in [0.2, 0.25) is 10.0 Å². The molecule has 5 nitrogen and oxygen atoms in total. The molecule has 0 bridgehead atoms. The van der Waals surface area contributed by atoms with Gasteiger partial charge in [-0.1, -0.05) is 20.8 Å². The van der Waals surface area contributed by atoms with Crippen molar-refractivity contribution in [3.8, 4) is 0 Å². The summed E-state index contributed by atoms with van der Waals surface area (Å²) in [6.45, 7) is 7.36. The third-order valence-electron chi connectivity index (χ3n) is 2.01. The summed E-state index contributed by atoms with van der Waals surface area (Å²) in [7, 11) is -3.35. The number of carbonyl (C=O) groups is 1. The van der Waals surface area contributed by atoms with Crippen LogP contribution in [0.5, 0.6) is 0 Å². The molecular formula is C10H21NO4S. The first-order chi connectivity index (χ1) is 7.06. The maximum absolute atomic E-state index is 11.4. The Morgan fingerprint density at radius 3 is 2.19 bits per heavy atom. The van der Waals surface area contributed by atoms with E-state index >= 15 is 0 Å². The molecule has 1 unspecified atom stereocenters. The second-order valence-electron chi connectivity index (χ2n) is 5.08. The van der Waals surface area contributed by atoms with Crippen LogP contribution in [0.25, 0.3) is 0 Å². The lowest BCUT2D eigenvalue weighted by Crippen LogP contribution is -2.39. The standard InChI is InChI=1S/C10H21NO4S/c1-5-16(14,15)11-8(6-9(12)13)7-10(2,3)4/h8,11H,5-7H2,1-4H3,(H,12,13). The van der Waals surface area contributed by atoms with E-state index in [-0.39, 0.29) is 17.6 Å². The molecule has 0 heterocycles. The summed E-state index contributed by atoms with van der Waals surface area (Å²) in [5.74, 6) is -1.03. The molecule has 96 valence electrons. The van der Waals surface area contributed by atoms with E-state index in [0.717, 1.165) is 0 Å².